The molecule has 0 spiro atoms. The molecule has 5 nitrogen and oxygen atoms in total. The molecule has 2 aromatic carbocycles. The van der Waals surface area contributed by atoms with Gasteiger partial charge in [0.2, 0.25) is 0 Å². The number of benzene rings is 2. The fraction of sp³-hybridized carbons (Fsp3) is 0.375. The maximum atomic E-state index is 13.8. The zero-order valence-corrected chi connectivity index (χ0v) is 17.0. The van der Waals surface area contributed by atoms with Gasteiger partial charge in [-0.25, -0.2) is 4.39 Å². The van der Waals surface area contributed by atoms with Crippen LogP contribution in [-0.2, 0) is 16.1 Å². The number of fused-ring (bicyclic) bond motifs is 2. The fourth-order valence-electron chi connectivity index (χ4n) is 4.56. The Morgan fingerprint density at radius 3 is 2.80 bits per heavy atom. The lowest BCUT2D eigenvalue weighted by atomic mass is 10.00. The van der Waals surface area contributed by atoms with Crippen LogP contribution in [0.2, 0.25) is 0 Å². The van der Waals surface area contributed by atoms with Crippen molar-refractivity contribution in [1.82, 2.24) is 4.90 Å². The highest BCUT2D eigenvalue weighted by Gasteiger charge is 2.32. The van der Waals surface area contributed by atoms with Crippen molar-refractivity contribution >= 4 is 28.6 Å². The minimum Gasteiger partial charge on any atom is -0.487 e. The topological polar surface area (TPSA) is 53.6 Å². The van der Waals surface area contributed by atoms with E-state index in [-0.39, 0.29) is 11.7 Å². The van der Waals surface area contributed by atoms with Gasteiger partial charge in [-0.1, -0.05) is 6.42 Å². The first-order valence-electron chi connectivity index (χ1n) is 10.8. The van der Waals surface area contributed by atoms with Crippen molar-refractivity contribution in [1.29, 1.82) is 0 Å². The van der Waals surface area contributed by atoms with Crippen LogP contribution >= 0.6 is 0 Å². The summed E-state index contributed by atoms with van der Waals surface area (Å²) in [6, 6.07) is 10.4. The molecule has 156 valence electrons. The lowest BCUT2D eigenvalue weighted by molar-refractivity contribution is -0.110. The molecule has 0 saturated carbocycles. The Labute approximate surface area is 175 Å². The van der Waals surface area contributed by atoms with Gasteiger partial charge in [-0.05, 0) is 75.3 Å². The number of ether oxygens (including phenoxy) is 1. The molecule has 1 saturated heterocycles. The van der Waals surface area contributed by atoms with E-state index < -0.39 is 0 Å². The number of anilines is 2. The molecule has 1 amide bonds. The van der Waals surface area contributed by atoms with Crippen molar-refractivity contribution in [2.75, 3.05) is 36.8 Å². The van der Waals surface area contributed by atoms with Gasteiger partial charge in [0.05, 0.1) is 5.57 Å². The Hall–Kier alpha value is -2.86. The Balaban J connectivity index is 1.29. The van der Waals surface area contributed by atoms with Crippen LogP contribution in [0.1, 0.15) is 42.4 Å². The van der Waals surface area contributed by atoms with Crippen molar-refractivity contribution < 1.29 is 13.9 Å². The van der Waals surface area contributed by atoms with Crippen LogP contribution in [0.15, 0.2) is 36.4 Å². The second-order valence-electron chi connectivity index (χ2n) is 8.19. The number of carbonyl (C=O) groups is 1. The predicted octanol–water partition coefficient (Wildman–Crippen LogP) is 4.46. The highest BCUT2D eigenvalue weighted by molar-refractivity contribution is 6.36. The molecular formula is C24H26FN3O2. The third kappa shape index (κ3) is 3.67. The molecule has 3 aliphatic heterocycles. The van der Waals surface area contributed by atoms with Crippen LogP contribution in [0.4, 0.5) is 15.8 Å². The van der Waals surface area contributed by atoms with E-state index in [2.05, 4.69) is 21.6 Å². The van der Waals surface area contributed by atoms with Crippen LogP contribution in [0.25, 0.3) is 11.3 Å². The normalized spacial score (nSPS) is 20.5. The van der Waals surface area contributed by atoms with Crippen molar-refractivity contribution in [2.24, 2.45) is 0 Å². The molecule has 0 aliphatic carbocycles. The zero-order valence-electron chi connectivity index (χ0n) is 17.0. The largest absolute Gasteiger partial charge is 0.487 e. The maximum Gasteiger partial charge on any atom is 0.260 e. The summed E-state index contributed by atoms with van der Waals surface area (Å²) < 4.78 is 19.6. The number of halogens is 1. The van der Waals surface area contributed by atoms with Gasteiger partial charge in [-0.2, -0.15) is 0 Å². The third-order valence-corrected chi connectivity index (χ3v) is 6.10. The molecule has 2 aromatic rings. The second kappa shape index (κ2) is 8.11. The minimum absolute atomic E-state index is 0.252. The number of nitrogens with zero attached hydrogens (tertiary/aromatic N) is 1. The van der Waals surface area contributed by atoms with E-state index in [0.717, 1.165) is 36.3 Å². The number of hydrogen-bond acceptors (Lipinski definition) is 4. The fourth-order valence-corrected chi connectivity index (χ4v) is 4.56. The second-order valence-corrected chi connectivity index (χ2v) is 8.19. The zero-order chi connectivity index (χ0) is 20.5. The van der Waals surface area contributed by atoms with Crippen LogP contribution in [0, 0.1) is 5.82 Å². The van der Waals surface area contributed by atoms with Gasteiger partial charge in [0.1, 0.15) is 18.2 Å². The minimum atomic E-state index is -0.370. The quantitative estimate of drug-likeness (QED) is 0.567. The highest BCUT2D eigenvalue weighted by atomic mass is 19.1. The van der Waals surface area contributed by atoms with Crippen molar-refractivity contribution in [2.45, 2.75) is 32.3 Å². The number of likely N-dealkylation sites (tertiary alicyclic amines) is 1. The molecule has 0 atom stereocenters. The molecule has 0 radical (unpaired) electrons. The van der Waals surface area contributed by atoms with Crippen LogP contribution in [0.5, 0.6) is 0 Å². The van der Waals surface area contributed by atoms with E-state index in [1.54, 1.807) is 6.07 Å². The van der Waals surface area contributed by atoms with E-state index in [1.807, 2.05) is 12.1 Å². The van der Waals surface area contributed by atoms with Gasteiger partial charge >= 0.3 is 0 Å². The standard InChI is InChI=1S/C24H26FN3O2/c25-17-5-8-21-20(14-17)22(24(29)27-21)23-19-7-6-18(13-16(19)15-30-23)26-9-4-12-28-10-2-1-3-11-28/h5-8,13-14,26H,1-4,9-12,15H2,(H,27,29)/b23-22+. The number of hydrogen-bond donors (Lipinski definition) is 2. The average Bonchev–Trinajstić information content (AvgIpc) is 3.31. The first kappa shape index (κ1) is 19.1. The number of piperidine rings is 1. The molecule has 3 aliphatic rings. The maximum absolute atomic E-state index is 13.8. The van der Waals surface area contributed by atoms with Gasteiger partial charge in [0.25, 0.3) is 5.91 Å². The number of carbonyl (C=O) groups excluding carboxylic acids is 1. The molecule has 0 bridgehead atoms. The molecule has 0 aromatic heterocycles. The smallest absolute Gasteiger partial charge is 0.260 e. The first-order valence-corrected chi connectivity index (χ1v) is 10.8. The molecule has 2 N–H and O–H groups in total. The summed E-state index contributed by atoms with van der Waals surface area (Å²) in [5, 5.41) is 6.30. The van der Waals surface area contributed by atoms with E-state index in [4.69, 9.17) is 4.74 Å². The molecular weight excluding hydrogens is 381 g/mol. The monoisotopic (exact) mass is 407 g/mol. The summed E-state index contributed by atoms with van der Waals surface area (Å²) >= 11 is 0. The molecule has 0 unspecified atom stereocenters. The lowest BCUT2D eigenvalue weighted by Gasteiger charge is -2.26. The summed E-state index contributed by atoms with van der Waals surface area (Å²) in [5.41, 5.74) is 4.58. The molecule has 30 heavy (non-hydrogen) atoms. The third-order valence-electron chi connectivity index (χ3n) is 6.10. The number of amides is 1. The van der Waals surface area contributed by atoms with Crippen molar-refractivity contribution in [3.63, 3.8) is 0 Å². The predicted molar refractivity (Wildman–Crippen MR) is 116 cm³/mol. The van der Waals surface area contributed by atoms with Gasteiger partial charge in [-0.3, -0.25) is 4.79 Å². The first-order chi connectivity index (χ1) is 14.7. The molecule has 5 rings (SSSR count). The summed E-state index contributed by atoms with van der Waals surface area (Å²) in [4.78, 5) is 15.1. The molecule has 3 heterocycles. The summed E-state index contributed by atoms with van der Waals surface area (Å²) in [6.45, 7) is 4.94. The Bertz CT molecular complexity index is 1010. The van der Waals surface area contributed by atoms with Crippen LogP contribution < -0.4 is 10.6 Å². The SMILES string of the molecule is O=C1Nc2ccc(F)cc2/C1=C1\OCc2cc(NCCCN3CCCCC3)ccc21. The Kier molecular flexibility index (Phi) is 5.17. The molecule has 1 fully saturated rings. The van der Waals surface area contributed by atoms with Gasteiger partial charge in [-0.15, -0.1) is 0 Å². The van der Waals surface area contributed by atoms with E-state index in [1.165, 1.54) is 44.5 Å². The van der Waals surface area contributed by atoms with Crippen LogP contribution in [0.3, 0.4) is 0 Å². The summed E-state index contributed by atoms with van der Waals surface area (Å²) in [7, 11) is 0. The highest BCUT2D eigenvalue weighted by Crippen LogP contribution is 2.42. The summed E-state index contributed by atoms with van der Waals surface area (Å²) in [6.07, 6.45) is 5.13. The Morgan fingerprint density at radius 1 is 1.07 bits per heavy atom. The average molecular weight is 407 g/mol. The molecule has 6 heteroatoms. The van der Waals surface area contributed by atoms with Crippen molar-refractivity contribution in [3.05, 3.63) is 58.9 Å². The van der Waals surface area contributed by atoms with Gasteiger partial charge in [0.15, 0.2) is 0 Å². The van der Waals surface area contributed by atoms with Crippen molar-refractivity contribution in [3.8, 4) is 0 Å². The van der Waals surface area contributed by atoms with Gasteiger partial charge < -0.3 is 20.3 Å². The van der Waals surface area contributed by atoms with Crippen LogP contribution in [-0.4, -0.2) is 37.0 Å². The summed E-state index contributed by atoms with van der Waals surface area (Å²) in [5.74, 6) is -0.0902. The number of rotatable bonds is 5. The lowest BCUT2D eigenvalue weighted by Crippen LogP contribution is -2.31. The van der Waals surface area contributed by atoms with E-state index >= 15 is 0 Å². The van der Waals surface area contributed by atoms with Gasteiger partial charge in [0, 0.05) is 34.6 Å². The van der Waals surface area contributed by atoms with E-state index in [9.17, 15) is 9.18 Å². The van der Waals surface area contributed by atoms with E-state index in [0.29, 0.717) is 29.2 Å². The number of nitrogens with one attached hydrogen (secondary N) is 2. The Morgan fingerprint density at radius 2 is 1.93 bits per heavy atom.